The van der Waals surface area contributed by atoms with Gasteiger partial charge in [-0.1, -0.05) is 75.2 Å². The lowest BCUT2D eigenvalue weighted by atomic mass is 9.87. The van der Waals surface area contributed by atoms with E-state index in [9.17, 15) is 0 Å². The molecule has 0 saturated carbocycles. The van der Waals surface area contributed by atoms with Crippen LogP contribution in [0.3, 0.4) is 0 Å². The molecule has 4 aromatic carbocycles. The lowest BCUT2D eigenvalue weighted by molar-refractivity contribution is 0.632. The second kappa shape index (κ2) is 11.1. The number of benzene rings is 4. The van der Waals surface area contributed by atoms with Gasteiger partial charge in [0.2, 0.25) is 0 Å². The first kappa shape index (κ1) is 26.9. The summed E-state index contributed by atoms with van der Waals surface area (Å²) >= 11 is 0. The standard InChI is InChI=1S/C36H41F/c1-9-11-31-22(3)19-34(26(7)24(31)5)29-15-13-28(14-16-29)33-18-17-30(21-36(33)37)35-20-23(4)32(12-10-2)25(6)27(35)8/h13-21H,9-12H2,1-8H3. The van der Waals surface area contributed by atoms with Gasteiger partial charge in [-0.15, -0.1) is 0 Å². The third-order valence-corrected chi connectivity index (χ3v) is 8.30. The second-order valence-corrected chi connectivity index (χ2v) is 10.7. The molecule has 4 rings (SSSR count). The van der Waals surface area contributed by atoms with Gasteiger partial charge in [-0.3, -0.25) is 0 Å². The molecule has 0 bridgehead atoms. The summed E-state index contributed by atoms with van der Waals surface area (Å²) in [6, 6.07) is 18.6. The molecule has 0 saturated heterocycles. The molecule has 0 fully saturated rings. The fourth-order valence-corrected chi connectivity index (χ4v) is 5.89. The predicted octanol–water partition coefficient (Wildman–Crippen LogP) is 10.6. The number of rotatable bonds is 7. The van der Waals surface area contributed by atoms with Crippen molar-refractivity contribution in [2.75, 3.05) is 0 Å². The quantitative estimate of drug-likeness (QED) is 0.241. The number of aryl methyl sites for hydroxylation is 2. The van der Waals surface area contributed by atoms with Gasteiger partial charge in [0.1, 0.15) is 5.82 Å². The monoisotopic (exact) mass is 492 g/mol. The summed E-state index contributed by atoms with van der Waals surface area (Å²) in [5, 5.41) is 0. The third kappa shape index (κ3) is 5.14. The predicted molar refractivity (Wildman–Crippen MR) is 159 cm³/mol. The molecule has 0 spiro atoms. The molecule has 37 heavy (non-hydrogen) atoms. The third-order valence-electron chi connectivity index (χ3n) is 8.30. The number of hydrogen-bond acceptors (Lipinski definition) is 0. The summed E-state index contributed by atoms with van der Waals surface area (Å²) in [6.45, 7) is 17.7. The van der Waals surface area contributed by atoms with Crippen molar-refractivity contribution < 1.29 is 4.39 Å². The van der Waals surface area contributed by atoms with E-state index in [-0.39, 0.29) is 5.82 Å². The first-order valence-electron chi connectivity index (χ1n) is 13.8. The second-order valence-electron chi connectivity index (χ2n) is 10.7. The molecule has 1 heteroatoms. The van der Waals surface area contributed by atoms with Crippen LogP contribution in [0.15, 0.2) is 54.6 Å². The van der Waals surface area contributed by atoms with E-state index in [1.807, 2.05) is 6.07 Å². The zero-order valence-corrected chi connectivity index (χ0v) is 23.9. The van der Waals surface area contributed by atoms with Crippen LogP contribution in [0.5, 0.6) is 0 Å². The summed E-state index contributed by atoms with van der Waals surface area (Å²) < 4.78 is 15.5. The SMILES string of the molecule is CCCc1c(C)cc(-c2ccc(-c3ccc(-c4cc(C)c(CCC)c(C)c4C)cc3F)cc2)c(C)c1C. The van der Waals surface area contributed by atoms with Gasteiger partial charge in [0.25, 0.3) is 0 Å². The van der Waals surface area contributed by atoms with E-state index in [0.717, 1.165) is 42.4 Å². The van der Waals surface area contributed by atoms with E-state index in [1.165, 1.54) is 55.6 Å². The highest BCUT2D eigenvalue weighted by molar-refractivity contribution is 5.77. The van der Waals surface area contributed by atoms with Gasteiger partial charge in [0, 0.05) is 5.56 Å². The van der Waals surface area contributed by atoms with Crippen molar-refractivity contribution >= 4 is 0 Å². The molecule has 0 radical (unpaired) electrons. The molecule has 0 N–H and O–H groups in total. The van der Waals surface area contributed by atoms with Gasteiger partial charge >= 0.3 is 0 Å². The minimum absolute atomic E-state index is 0.177. The Hall–Kier alpha value is -3.19. The molecule has 0 heterocycles. The summed E-state index contributed by atoms with van der Waals surface area (Å²) in [4.78, 5) is 0. The van der Waals surface area contributed by atoms with Gasteiger partial charge in [-0.25, -0.2) is 4.39 Å². The average Bonchev–Trinajstić information content (AvgIpc) is 2.89. The highest BCUT2D eigenvalue weighted by atomic mass is 19.1. The maximum Gasteiger partial charge on any atom is 0.131 e. The molecule has 0 aliphatic carbocycles. The Morgan fingerprint density at radius 2 is 0.892 bits per heavy atom. The molecule has 192 valence electrons. The zero-order valence-electron chi connectivity index (χ0n) is 23.9. The van der Waals surface area contributed by atoms with Crippen LogP contribution in [0.25, 0.3) is 33.4 Å². The molecular weight excluding hydrogens is 451 g/mol. The Balaban J connectivity index is 1.67. The van der Waals surface area contributed by atoms with Crippen LogP contribution >= 0.6 is 0 Å². The highest BCUT2D eigenvalue weighted by Crippen LogP contribution is 2.35. The Morgan fingerprint density at radius 3 is 1.32 bits per heavy atom. The molecule has 4 aromatic rings. The van der Waals surface area contributed by atoms with Crippen molar-refractivity contribution in [1.29, 1.82) is 0 Å². The van der Waals surface area contributed by atoms with Crippen LogP contribution in [0.1, 0.15) is 71.2 Å². The summed E-state index contributed by atoms with van der Waals surface area (Å²) in [5.74, 6) is -0.177. The Morgan fingerprint density at radius 1 is 0.486 bits per heavy atom. The van der Waals surface area contributed by atoms with Crippen molar-refractivity contribution in [3.8, 4) is 33.4 Å². The van der Waals surface area contributed by atoms with Crippen molar-refractivity contribution in [3.63, 3.8) is 0 Å². The Labute approximate surface area is 223 Å². The van der Waals surface area contributed by atoms with E-state index in [1.54, 1.807) is 6.07 Å². The fourth-order valence-electron chi connectivity index (χ4n) is 5.89. The Bertz CT molecular complexity index is 1440. The van der Waals surface area contributed by atoms with Crippen LogP contribution in [-0.4, -0.2) is 0 Å². The van der Waals surface area contributed by atoms with Gasteiger partial charge in [0.15, 0.2) is 0 Å². The minimum Gasteiger partial charge on any atom is -0.206 e. The highest BCUT2D eigenvalue weighted by Gasteiger charge is 2.15. The lowest BCUT2D eigenvalue weighted by Crippen LogP contribution is -1.99. The van der Waals surface area contributed by atoms with Gasteiger partial charge in [-0.05, 0) is 133 Å². The molecule has 0 atom stereocenters. The maximum absolute atomic E-state index is 15.5. The van der Waals surface area contributed by atoms with Gasteiger partial charge in [-0.2, -0.15) is 0 Å². The largest absolute Gasteiger partial charge is 0.206 e. The van der Waals surface area contributed by atoms with E-state index in [0.29, 0.717) is 5.56 Å². The fraction of sp³-hybridized carbons (Fsp3) is 0.333. The summed E-state index contributed by atoms with van der Waals surface area (Å²) in [5.41, 5.74) is 16.9. The molecule has 0 amide bonds. The van der Waals surface area contributed by atoms with Gasteiger partial charge < -0.3 is 0 Å². The van der Waals surface area contributed by atoms with Crippen LogP contribution < -0.4 is 0 Å². The van der Waals surface area contributed by atoms with E-state index >= 15 is 4.39 Å². The molecular formula is C36H41F. The zero-order chi connectivity index (χ0) is 26.9. The number of hydrogen-bond donors (Lipinski definition) is 0. The first-order chi connectivity index (χ1) is 17.7. The van der Waals surface area contributed by atoms with Crippen LogP contribution in [-0.2, 0) is 12.8 Å². The molecule has 0 aliphatic heterocycles. The van der Waals surface area contributed by atoms with Crippen LogP contribution in [0, 0.1) is 47.4 Å². The Kier molecular flexibility index (Phi) is 8.02. The topological polar surface area (TPSA) is 0 Å². The van der Waals surface area contributed by atoms with E-state index in [4.69, 9.17) is 0 Å². The van der Waals surface area contributed by atoms with Crippen LogP contribution in [0.4, 0.5) is 4.39 Å². The maximum atomic E-state index is 15.5. The van der Waals surface area contributed by atoms with Gasteiger partial charge in [0.05, 0.1) is 0 Å². The van der Waals surface area contributed by atoms with Crippen molar-refractivity contribution in [2.45, 2.75) is 81.1 Å². The summed E-state index contributed by atoms with van der Waals surface area (Å²) in [7, 11) is 0. The van der Waals surface area contributed by atoms with E-state index in [2.05, 4.69) is 97.9 Å². The summed E-state index contributed by atoms with van der Waals surface area (Å²) in [6.07, 6.45) is 4.49. The van der Waals surface area contributed by atoms with E-state index < -0.39 is 0 Å². The number of halogens is 1. The molecule has 0 aliphatic rings. The molecule has 0 nitrogen and oxygen atoms in total. The van der Waals surface area contributed by atoms with Crippen molar-refractivity contribution in [2.24, 2.45) is 0 Å². The molecule has 0 unspecified atom stereocenters. The van der Waals surface area contributed by atoms with Crippen LogP contribution in [0.2, 0.25) is 0 Å². The smallest absolute Gasteiger partial charge is 0.131 e. The average molecular weight is 493 g/mol. The normalized spacial score (nSPS) is 11.3. The molecule has 0 aromatic heterocycles. The lowest BCUT2D eigenvalue weighted by Gasteiger charge is -2.18. The minimum atomic E-state index is -0.177. The van der Waals surface area contributed by atoms with Crippen molar-refractivity contribution in [1.82, 2.24) is 0 Å². The first-order valence-corrected chi connectivity index (χ1v) is 13.8. The van der Waals surface area contributed by atoms with Crippen molar-refractivity contribution in [3.05, 3.63) is 105 Å².